The van der Waals surface area contributed by atoms with E-state index in [1.165, 1.54) is 19.1 Å². The summed E-state index contributed by atoms with van der Waals surface area (Å²) in [6.45, 7) is 3.21. The molecule has 0 bridgehead atoms. The van der Waals surface area contributed by atoms with Gasteiger partial charge < -0.3 is 0 Å². The maximum absolute atomic E-state index is 11.4. The number of aromatic nitrogens is 3. The average Bonchev–Trinajstić information content (AvgIpc) is 2.48. The third-order valence-corrected chi connectivity index (χ3v) is 2.66. The van der Waals surface area contributed by atoms with E-state index < -0.39 is 4.92 Å². The summed E-state index contributed by atoms with van der Waals surface area (Å²) in [5.74, 6) is 0.0929. The van der Waals surface area contributed by atoms with Crippen molar-refractivity contribution in [2.75, 3.05) is 5.43 Å². The van der Waals surface area contributed by atoms with Gasteiger partial charge in [-0.2, -0.15) is 5.10 Å². The van der Waals surface area contributed by atoms with Gasteiger partial charge in [-0.05, 0) is 13.8 Å². The fraction of sp³-hybridized carbons (Fsp3) is 0.167. The van der Waals surface area contributed by atoms with Gasteiger partial charge in [0.2, 0.25) is 5.95 Å². The summed E-state index contributed by atoms with van der Waals surface area (Å²) in [6.07, 6.45) is 0. The molecule has 1 aromatic heterocycles. The summed E-state index contributed by atoms with van der Waals surface area (Å²) in [5, 5.41) is 22.1. The van der Waals surface area contributed by atoms with Crippen LogP contribution in [0, 0.1) is 17.0 Å². The van der Waals surface area contributed by atoms with Crippen molar-refractivity contribution in [3.63, 3.8) is 0 Å². The van der Waals surface area contributed by atoms with Gasteiger partial charge in [0.15, 0.2) is 0 Å². The molecule has 9 heteroatoms. The molecule has 2 aromatic rings. The van der Waals surface area contributed by atoms with Crippen molar-refractivity contribution in [3.8, 4) is 0 Å². The third-order valence-electron chi connectivity index (χ3n) is 2.66. The smallest absolute Gasteiger partial charge is 0.274 e. The van der Waals surface area contributed by atoms with E-state index in [1.807, 2.05) is 0 Å². The van der Waals surface area contributed by atoms with E-state index >= 15 is 0 Å². The summed E-state index contributed by atoms with van der Waals surface area (Å²) in [5.41, 5.74) is 3.50. The average molecular weight is 288 g/mol. The highest BCUT2D eigenvalue weighted by molar-refractivity contribution is 5.99. The van der Waals surface area contributed by atoms with Gasteiger partial charge in [0.1, 0.15) is 5.69 Å². The first-order valence-electron chi connectivity index (χ1n) is 5.96. The highest BCUT2D eigenvalue weighted by Gasteiger charge is 2.07. The topological polar surface area (TPSA) is 126 Å². The molecule has 108 valence electrons. The van der Waals surface area contributed by atoms with Crippen LogP contribution in [0.1, 0.15) is 18.2 Å². The summed E-state index contributed by atoms with van der Waals surface area (Å²) >= 11 is 0. The SMILES string of the molecule is C/C(=N\Nc1nnc(C)c(=O)[nH]1)c1cccc([N+](=O)[O-])c1. The molecule has 0 spiro atoms. The van der Waals surface area contributed by atoms with Gasteiger partial charge in [-0.15, -0.1) is 10.2 Å². The van der Waals surface area contributed by atoms with Gasteiger partial charge in [-0.1, -0.05) is 12.1 Å². The van der Waals surface area contributed by atoms with Crippen molar-refractivity contribution in [2.24, 2.45) is 5.10 Å². The van der Waals surface area contributed by atoms with Crippen LogP contribution in [0.3, 0.4) is 0 Å². The minimum absolute atomic E-state index is 0.0226. The summed E-state index contributed by atoms with van der Waals surface area (Å²) in [4.78, 5) is 24.0. The Balaban J connectivity index is 2.21. The molecular formula is C12H12N6O3. The molecule has 0 aliphatic heterocycles. The van der Waals surface area contributed by atoms with Gasteiger partial charge in [0, 0.05) is 17.7 Å². The van der Waals surface area contributed by atoms with Crippen molar-refractivity contribution in [1.82, 2.24) is 15.2 Å². The van der Waals surface area contributed by atoms with Crippen LogP contribution in [-0.4, -0.2) is 25.8 Å². The molecular weight excluding hydrogens is 276 g/mol. The molecule has 0 fully saturated rings. The van der Waals surface area contributed by atoms with Crippen LogP contribution in [0.5, 0.6) is 0 Å². The maximum Gasteiger partial charge on any atom is 0.274 e. The Kier molecular flexibility index (Phi) is 4.02. The summed E-state index contributed by atoms with van der Waals surface area (Å²) in [7, 11) is 0. The van der Waals surface area contributed by atoms with Gasteiger partial charge in [-0.3, -0.25) is 19.9 Å². The number of nitrogens with one attached hydrogen (secondary N) is 2. The highest BCUT2D eigenvalue weighted by atomic mass is 16.6. The van der Waals surface area contributed by atoms with Crippen molar-refractivity contribution in [1.29, 1.82) is 0 Å². The van der Waals surface area contributed by atoms with Crippen LogP contribution in [0.25, 0.3) is 0 Å². The van der Waals surface area contributed by atoms with E-state index in [2.05, 4.69) is 25.7 Å². The lowest BCUT2D eigenvalue weighted by Gasteiger charge is -2.02. The molecule has 1 aromatic carbocycles. The second-order valence-corrected chi connectivity index (χ2v) is 4.20. The van der Waals surface area contributed by atoms with Crippen molar-refractivity contribution in [2.45, 2.75) is 13.8 Å². The van der Waals surface area contributed by atoms with E-state index in [1.54, 1.807) is 19.1 Å². The molecule has 0 saturated carbocycles. The normalized spacial score (nSPS) is 11.2. The quantitative estimate of drug-likeness (QED) is 0.494. The Morgan fingerprint density at radius 3 is 2.86 bits per heavy atom. The molecule has 9 nitrogen and oxygen atoms in total. The minimum atomic E-state index is -0.479. The number of hydrogen-bond donors (Lipinski definition) is 2. The monoisotopic (exact) mass is 288 g/mol. The van der Waals surface area contributed by atoms with Crippen molar-refractivity contribution in [3.05, 3.63) is 56.0 Å². The lowest BCUT2D eigenvalue weighted by Crippen LogP contribution is -2.16. The number of non-ortho nitro benzene ring substituents is 1. The zero-order valence-electron chi connectivity index (χ0n) is 11.3. The number of hydrazone groups is 1. The van der Waals surface area contributed by atoms with E-state index in [0.717, 1.165) is 0 Å². The van der Waals surface area contributed by atoms with E-state index in [9.17, 15) is 14.9 Å². The van der Waals surface area contributed by atoms with Crippen molar-refractivity contribution >= 4 is 17.3 Å². The largest absolute Gasteiger partial charge is 0.288 e. The van der Waals surface area contributed by atoms with E-state index in [0.29, 0.717) is 11.3 Å². The first-order chi connectivity index (χ1) is 9.97. The van der Waals surface area contributed by atoms with E-state index in [-0.39, 0.29) is 22.9 Å². The third kappa shape index (κ3) is 3.47. The van der Waals surface area contributed by atoms with Gasteiger partial charge in [0.25, 0.3) is 11.2 Å². The number of benzene rings is 1. The number of nitrogens with zero attached hydrogens (tertiary/aromatic N) is 4. The highest BCUT2D eigenvalue weighted by Crippen LogP contribution is 2.13. The molecule has 0 amide bonds. The van der Waals surface area contributed by atoms with Gasteiger partial charge in [0.05, 0.1) is 10.6 Å². The number of rotatable bonds is 4. The molecule has 0 unspecified atom stereocenters. The van der Waals surface area contributed by atoms with Gasteiger partial charge in [-0.25, -0.2) is 5.43 Å². The standard InChI is InChI=1S/C12H12N6O3/c1-7(9-4-3-5-10(6-9)18(20)21)14-16-12-13-11(19)8(2)15-17-12/h3-6H,1-2H3,(H2,13,16,17,19)/b14-7+. The zero-order chi connectivity index (χ0) is 15.4. The van der Waals surface area contributed by atoms with Crippen LogP contribution in [-0.2, 0) is 0 Å². The van der Waals surface area contributed by atoms with Crippen LogP contribution in [0.4, 0.5) is 11.6 Å². The molecule has 0 radical (unpaired) electrons. The number of H-pyrrole nitrogens is 1. The van der Waals surface area contributed by atoms with Crippen molar-refractivity contribution < 1.29 is 4.92 Å². The molecule has 2 rings (SSSR count). The maximum atomic E-state index is 11.4. The predicted octanol–water partition coefficient (Wildman–Crippen LogP) is 1.22. The zero-order valence-corrected chi connectivity index (χ0v) is 11.3. The first kappa shape index (κ1) is 14.3. The molecule has 0 atom stereocenters. The second-order valence-electron chi connectivity index (χ2n) is 4.20. The summed E-state index contributed by atoms with van der Waals surface area (Å²) in [6, 6.07) is 6.06. The Morgan fingerprint density at radius 2 is 2.19 bits per heavy atom. The number of nitro groups is 1. The number of hydrogen-bond acceptors (Lipinski definition) is 7. The van der Waals surface area contributed by atoms with Crippen LogP contribution >= 0.6 is 0 Å². The molecule has 0 saturated heterocycles. The molecule has 0 aliphatic rings. The first-order valence-corrected chi connectivity index (χ1v) is 5.96. The lowest BCUT2D eigenvalue weighted by molar-refractivity contribution is -0.384. The molecule has 1 heterocycles. The Morgan fingerprint density at radius 1 is 1.43 bits per heavy atom. The van der Waals surface area contributed by atoms with E-state index in [4.69, 9.17) is 0 Å². The number of anilines is 1. The molecule has 21 heavy (non-hydrogen) atoms. The summed E-state index contributed by atoms with van der Waals surface area (Å²) < 4.78 is 0. The number of nitro benzene ring substituents is 1. The second kappa shape index (κ2) is 5.90. The van der Waals surface area contributed by atoms with Crippen LogP contribution in [0.15, 0.2) is 34.2 Å². The predicted molar refractivity (Wildman–Crippen MR) is 76.3 cm³/mol. The van der Waals surface area contributed by atoms with Crippen LogP contribution in [0.2, 0.25) is 0 Å². The van der Waals surface area contributed by atoms with Gasteiger partial charge >= 0.3 is 0 Å². The fourth-order valence-corrected chi connectivity index (χ4v) is 1.49. The number of aryl methyl sites for hydroxylation is 1. The Bertz CT molecular complexity index is 768. The number of aromatic amines is 1. The molecule has 2 N–H and O–H groups in total. The minimum Gasteiger partial charge on any atom is -0.288 e. The Hall–Kier alpha value is -3.10. The fourth-order valence-electron chi connectivity index (χ4n) is 1.49. The van der Waals surface area contributed by atoms with Crippen LogP contribution < -0.4 is 11.0 Å². The Labute approximate surface area is 118 Å². The lowest BCUT2D eigenvalue weighted by atomic mass is 10.1. The molecule has 0 aliphatic carbocycles.